The van der Waals surface area contributed by atoms with Crippen LogP contribution in [0.25, 0.3) is 0 Å². The molecule has 0 bridgehead atoms. The van der Waals surface area contributed by atoms with Gasteiger partial charge < -0.3 is 15.0 Å². The maximum atomic E-state index is 12.0. The van der Waals surface area contributed by atoms with Crippen LogP contribution in [0.2, 0.25) is 0 Å². The van der Waals surface area contributed by atoms with Crippen LogP contribution in [0, 0.1) is 0 Å². The van der Waals surface area contributed by atoms with E-state index in [0.717, 1.165) is 6.54 Å². The minimum absolute atomic E-state index is 0.0505. The Bertz CT molecular complexity index is 225. The number of nitrogens with zero attached hydrogens (tertiary/aromatic N) is 1. The van der Waals surface area contributed by atoms with Gasteiger partial charge in [-0.15, -0.1) is 13.2 Å². The van der Waals surface area contributed by atoms with E-state index in [1.165, 1.54) is 0 Å². The molecule has 1 unspecified atom stereocenters. The van der Waals surface area contributed by atoms with E-state index in [1.807, 2.05) is 0 Å². The third-order valence-corrected chi connectivity index (χ3v) is 2.23. The maximum absolute atomic E-state index is 12.0. The topological polar surface area (TPSA) is 41.6 Å². The van der Waals surface area contributed by atoms with Gasteiger partial charge >= 0.3 is 0 Å². The Morgan fingerprint density at radius 1 is 1.47 bits per heavy atom. The Hall–Kier alpha value is -1.13. The van der Waals surface area contributed by atoms with Crippen LogP contribution in [-0.2, 0) is 9.53 Å². The Balaban J connectivity index is 2.52. The molecular weight excluding hydrogens is 192 g/mol. The molecule has 0 aromatic heterocycles. The first kappa shape index (κ1) is 11.9. The quantitative estimate of drug-likeness (QED) is 0.658. The van der Waals surface area contributed by atoms with E-state index in [9.17, 15) is 4.79 Å². The van der Waals surface area contributed by atoms with Crippen molar-refractivity contribution in [2.24, 2.45) is 0 Å². The summed E-state index contributed by atoms with van der Waals surface area (Å²) in [6.07, 6.45) is 3.43. The number of nitrogens with one attached hydrogen (secondary N) is 1. The minimum Gasteiger partial charge on any atom is -0.378 e. The zero-order chi connectivity index (χ0) is 11.1. The van der Waals surface area contributed by atoms with Crippen molar-refractivity contribution >= 4 is 5.91 Å². The molecule has 1 saturated heterocycles. The summed E-state index contributed by atoms with van der Waals surface area (Å²) in [5.74, 6) is 0.0505. The summed E-state index contributed by atoms with van der Waals surface area (Å²) in [6.45, 7) is 10.2. The van der Waals surface area contributed by atoms with Crippen LogP contribution < -0.4 is 5.32 Å². The van der Waals surface area contributed by atoms with Crippen molar-refractivity contribution in [3.63, 3.8) is 0 Å². The molecular formula is C11H18N2O2. The highest BCUT2D eigenvalue weighted by molar-refractivity contribution is 5.82. The second kappa shape index (κ2) is 6.37. The van der Waals surface area contributed by atoms with Crippen molar-refractivity contribution in [3.05, 3.63) is 25.3 Å². The number of hydrogen-bond acceptors (Lipinski definition) is 3. The Morgan fingerprint density at radius 3 is 2.60 bits per heavy atom. The lowest BCUT2D eigenvalue weighted by atomic mass is 10.2. The SMILES string of the molecule is C=CCN(CC=C)C(=O)C1COCCN1. The standard InChI is InChI=1S/C11H18N2O2/c1-3-6-13(7-4-2)11(14)10-9-15-8-5-12-10/h3-4,10,12H,1-2,5-9H2. The van der Waals surface area contributed by atoms with Gasteiger partial charge in [0.1, 0.15) is 6.04 Å². The number of morpholine rings is 1. The van der Waals surface area contributed by atoms with Crippen LogP contribution in [0.4, 0.5) is 0 Å². The van der Waals surface area contributed by atoms with Crippen LogP contribution >= 0.6 is 0 Å². The average Bonchev–Trinajstić information content (AvgIpc) is 2.29. The van der Waals surface area contributed by atoms with E-state index in [-0.39, 0.29) is 11.9 Å². The van der Waals surface area contributed by atoms with Crippen molar-refractivity contribution in [3.8, 4) is 0 Å². The molecule has 84 valence electrons. The third-order valence-electron chi connectivity index (χ3n) is 2.23. The highest BCUT2D eigenvalue weighted by Gasteiger charge is 2.24. The molecule has 1 N–H and O–H groups in total. The molecule has 1 aliphatic rings. The average molecular weight is 210 g/mol. The predicted molar refractivity (Wildman–Crippen MR) is 59.6 cm³/mol. The Labute approximate surface area is 90.6 Å². The third kappa shape index (κ3) is 3.49. The molecule has 0 aromatic rings. The zero-order valence-corrected chi connectivity index (χ0v) is 8.95. The molecule has 1 fully saturated rings. The molecule has 0 radical (unpaired) electrons. The van der Waals surface area contributed by atoms with E-state index < -0.39 is 0 Å². The van der Waals surface area contributed by atoms with Crippen molar-refractivity contribution < 1.29 is 9.53 Å². The molecule has 4 nitrogen and oxygen atoms in total. The van der Waals surface area contributed by atoms with Gasteiger partial charge in [0.15, 0.2) is 0 Å². The maximum Gasteiger partial charge on any atom is 0.242 e. The molecule has 0 aliphatic carbocycles. The van der Waals surface area contributed by atoms with Crippen molar-refractivity contribution in [1.29, 1.82) is 0 Å². The van der Waals surface area contributed by atoms with Crippen LogP contribution in [0.1, 0.15) is 0 Å². The van der Waals surface area contributed by atoms with Crippen LogP contribution in [0.3, 0.4) is 0 Å². The van der Waals surface area contributed by atoms with Crippen LogP contribution in [0.5, 0.6) is 0 Å². The minimum atomic E-state index is -0.223. The number of ether oxygens (including phenoxy) is 1. The van der Waals surface area contributed by atoms with E-state index in [4.69, 9.17) is 4.74 Å². The van der Waals surface area contributed by atoms with Gasteiger partial charge in [-0.2, -0.15) is 0 Å². The molecule has 1 heterocycles. The summed E-state index contributed by atoms with van der Waals surface area (Å²) in [5.41, 5.74) is 0. The summed E-state index contributed by atoms with van der Waals surface area (Å²) in [4.78, 5) is 13.7. The molecule has 0 aromatic carbocycles. The summed E-state index contributed by atoms with van der Waals surface area (Å²) in [7, 11) is 0. The number of carbonyl (C=O) groups excluding carboxylic acids is 1. The number of carbonyl (C=O) groups is 1. The fourth-order valence-corrected chi connectivity index (χ4v) is 1.51. The lowest BCUT2D eigenvalue weighted by Gasteiger charge is -2.28. The number of rotatable bonds is 5. The van der Waals surface area contributed by atoms with Crippen molar-refractivity contribution in [2.75, 3.05) is 32.8 Å². The van der Waals surface area contributed by atoms with Crippen molar-refractivity contribution in [1.82, 2.24) is 10.2 Å². The van der Waals surface area contributed by atoms with Crippen LogP contribution in [0.15, 0.2) is 25.3 Å². The van der Waals surface area contributed by atoms with Crippen molar-refractivity contribution in [2.45, 2.75) is 6.04 Å². The predicted octanol–water partition coefficient (Wildman–Crippen LogP) is 0.175. The summed E-state index contributed by atoms with van der Waals surface area (Å²) < 4.78 is 5.25. The first-order valence-corrected chi connectivity index (χ1v) is 5.11. The molecule has 15 heavy (non-hydrogen) atoms. The van der Waals surface area contributed by atoms with Gasteiger partial charge in [-0.25, -0.2) is 0 Å². The van der Waals surface area contributed by atoms with E-state index in [1.54, 1.807) is 17.1 Å². The second-order valence-electron chi connectivity index (χ2n) is 3.40. The number of amides is 1. The Kier molecular flexibility index (Phi) is 5.07. The molecule has 4 heteroatoms. The molecule has 0 saturated carbocycles. The lowest BCUT2D eigenvalue weighted by Crippen LogP contribution is -2.52. The first-order chi connectivity index (χ1) is 7.29. The number of hydrogen-bond donors (Lipinski definition) is 1. The van der Waals surface area contributed by atoms with Gasteiger partial charge in [0.05, 0.1) is 13.2 Å². The largest absolute Gasteiger partial charge is 0.378 e. The van der Waals surface area contributed by atoms with Gasteiger partial charge in [-0.05, 0) is 0 Å². The van der Waals surface area contributed by atoms with Gasteiger partial charge in [-0.1, -0.05) is 12.2 Å². The molecule has 1 rings (SSSR count). The molecule has 1 aliphatic heterocycles. The van der Waals surface area contributed by atoms with Gasteiger partial charge in [0.25, 0.3) is 0 Å². The van der Waals surface area contributed by atoms with E-state index >= 15 is 0 Å². The summed E-state index contributed by atoms with van der Waals surface area (Å²) in [6, 6.07) is -0.223. The van der Waals surface area contributed by atoms with E-state index in [2.05, 4.69) is 18.5 Å². The van der Waals surface area contributed by atoms with Crippen LogP contribution in [-0.4, -0.2) is 49.7 Å². The van der Waals surface area contributed by atoms with Gasteiger partial charge in [-0.3, -0.25) is 4.79 Å². The fourth-order valence-electron chi connectivity index (χ4n) is 1.51. The normalized spacial score (nSPS) is 20.7. The molecule has 0 spiro atoms. The van der Waals surface area contributed by atoms with E-state index in [0.29, 0.717) is 26.3 Å². The monoisotopic (exact) mass is 210 g/mol. The highest BCUT2D eigenvalue weighted by Crippen LogP contribution is 2.00. The first-order valence-electron chi connectivity index (χ1n) is 5.11. The van der Waals surface area contributed by atoms with Gasteiger partial charge in [0.2, 0.25) is 5.91 Å². The summed E-state index contributed by atoms with van der Waals surface area (Å²) >= 11 is 0. The summed E-state index contributed by atoms with van der Waals surface area (Å²) in [5, 5.41) is 3.13. The fraction of sp³-hybridized carbons (Fsp3) is 0.545. The zero-order valence-electron chi connectivity index (χ0n) is 8.95. The molecule has 1 atom stereocenters. The lowest BCUT2D eigenvalue weighted by molar-refractivity contribution is -0.135. The molecule has 1 amide bonds. The highest BCUT2D eigenvalue weighted by atomic mass is 16.5. The second-order valence-corrected chi connectivity index (χ2v) is 3.40. The Morgan fingerprint density at radius 2 is 2.13 bits per heavy atom. The van der Waals surface area contributed by atoms with Gasteiger partial charge in [0, 0.05) is 19.6 Å². The smallest absolute Gasteiger partial charge is 0.242 e.